The van der Waals surface area contributed by atoms with Gasteiger partial charge in [0.05, 0.1) is 0 Å². The number of likely N-dealkylation sites (tertiary alicyclic amines) is 1. The van der Waals surface area contributed by atoms with Gasteiger partial charge in [0.1, 0.15) is 0 Å². The molecule has 1 aliphatic rings. The minimum absolute atomic E-state index is 0.00971. The third-order valence-electron chi connectivity index (χ3n) is 3.72. The molecular formula is C14H29N3O. The van der Waals surface area contributed by atoms with E-state index in [1.165, 1.54) is 32.4 Å². The molecule has 1 amide bonds. The van der Waals surface area contributed by atoms with Gasteiger partial charge in [-0.3, -0.25) is 4.79 Å². The van der Waals surface area contributed by atoms with Gasteiger partial charge in [0, 0.05) is 25.6 Å². The van der Waals surface area contributed by atoms with E-state index in [0.717, 1.165) is 13.1 Å². The number of hydrogen-bond donors (Lipinski definition) is 2. The van der Waals surface area contributed by atoms with Crippen LogP contribution >= 0.6 is 0 Å². The van der Waals surface area contributed by atoms with Gasteiger partial charge >= 0.3 is 0 Å². The highest BCUT2D eigenvalue weighted by Gasteiger charge is 2.23. The molecule has 1 heterocycles. The van der Waals surface area contributed by atoms with Crippen molar-refractivity contribution in [3.63, 3.8) is 0 Å². The van der Waals surface area contributed by atoms with E-state index in [1.54, 1.807) is 0 Å². The zero-order chi connectivity index (χ0) is 13.6. The van der Waals surface area contributed by atoms with Crippen LogP contribution in [0.1, 0.15) is 46.5 Å². The summed E-state index contributed by atoms with van der Waals surface area (Å²) in [5.74, 6) is 0.0782. The van der Waals surface area contributed by atoms with Crippen molar-refractivity contribution in [2.45, 2.75) is 52.5 Å². The summed E-state index contributed by atoms with van der Waals surface area (Å²) >= 11 is 0. The van der Waals surface area contributed by atoms with Crippen molar-refractivity contribution in [1.82, 2.24) is 10.2 Å². The average Bonchev–Trinajstić information content (AvgIpc) is 2.29. The first-order valence-corrected chi connectivity index (χ1v) is 7.14. The van der Waals surface area contributed by atoms with Crippen LogP contribution in [-0.2, 0) is 4.79 Å². The summed E-state index contributed by atoms with van der Waals surface area (Å²) in [7, 11) is 0. The maximum Gasteiger partial charge on any atom is 0.221 e. The van der Waals surface area contributed by atoms with Gasteiger partial charge in [-0.15, -0.1) is 0 Å². The summed E-state index contributed by atoms with van der Waals surface area (Å²) in [6.07, 6.45) is 4.36. The molecule has 3 N–H and O–H groups in total. The van der Waals surface area contributed by atoms with E-state index in [9.17, 15) is 4.79 Å². The van der Waals surface area contributed by atoms with Crippen LogP contribution in [0.3, 0.4) is 0 Å². The Bertz CT molecular complexity index is 254. The lowest BCUT2D eigenvalue weighted by Crippen LogP contribution is -2.42. The summed E-state index contributed by atoms with van der Waals surface area (Å²) in [5, 5.41) is 2.97. The molecule has 1 rings (SSSR count). The quantitative estimate of drug-likeness (QED) is 0.779. The fourth-order valence-electron chi connectivity index (χ4n) is 2.11. The number of nitrogens with two attached hydrogens (primary N) is 1. The molecule has 106 valence electrons. The molecule has 0 aromatic heterocycles. The third-order valence-corrected chi connectivity index (χ3v) is 3.72. The first-order chi connectivity index (χ1) is 8.39. The van der Waals surface area contributed by atoms with E-state index in [1.807, 2.05) is 0 Å². The standard InChI is InChI=1S/C14H29N3O/c1-14(2,3)12(15)11-13(18)16-7-10-17-8-5-4-6-9-17/h12H,4-11,15H2,1-3H3,(H,16,18). The predicted octanol–water partition coefficient (Wildman–Crippen LogP) is 1.35. The van der Waals surface area contributed by atoms with Crippen molar-refractivity contribution < 1.29 is 4.79 Å². The fraction of sp³-hybridized carbons (Fsp3) is 0.929. The van der Waals surface area contributed by atoms with Crippen LogP contribution < -0.4 is 11.1 Å². The number of rotatable bonds is 5. The first-order valence-electron chi connectivity index (χ1n) is 7.14. The Hall–Kier alpha value is -0.610. The molecule has 4 nitrogen and oxygen atoms in total. The second kappa shape index (κ2) is 7.10. The minimum atomic E-state index is -0.0764. The zero-order valence-corrected chi connectivity index (χ0v) is 12.2. The van der Waals surface area contributed by atoms with E-state index in [-0.39, 0.29) is 17.4 Å². The molecule has 0 aromatic rings. The molecule has 0 spiro atoms. The smallest absolute Gasteiger partial charge is 0.221 e. The zero-order valence-electron chi connectivity index (χ0n) is 12.2. The molecule has 0 saturated carbocycles. The number of carbonyl (C=O) groups excluding carboxylic acids is 1. The fourth-order valence-corrected chi connectivity index (χ4v) is 2.11. The summed E-state index contributed by atoms with van der Waals surface area (Å²) in [5.41, 5.74) is 5.99. The van der Waals surface area contributed by atoms with Crippen LogP contribution in [0.15, 0.2) is 0 Å². The maximum absolute atomic E-state index is 11.7. The Kier molecular flexibility index (Phi) is 6.09. The highest BCUT2D eigenvalue weighted by atomic mass is 16.1. The Balaban J connectivity index is 2.13. The van der Waals surface area contributed by atoms with E-state index in [4.69, 9.17) is 5.73 Å². The number of nitrogens with one attached hydrogen (secondary N) is 1. The number of piperidine rings is 1. The van der Waals surface area contributed by atoms with Crippen LogP contribution in [0.2, 0.25) is 0 Å². The third kappa shape index (κ3) is 5.83. The molecule has 4 heteroatoms. The highest BCUT2D eigenvalue weighted by Crippen LogP contribution is 2.19. The summed E-state index contributed by atoms with van der Waals surface area (Å²) in [4.78, 5) is 14.2. The second-order valence-electron chi connectivity index (χ2n) is 6.43. The summed E-state index contributed by atoms with van der Waals surface area (Å²) < 4.78 is 0. The van der Waals surface area contributed by atoms with Gasteiger partial charge in [-0.2, -0.15) is 0 Å². The van der Waals surface area contributed by atoms with Gasteiger partial charge < -0.3 is 16.0 Å². The number of carbonyl (C=O) groups is 1. The molecule has 0 aliphatic carbocycles. The highest BCUT2D eigenvalue weighted by molar-refractivity contribution is 5.76. The molecule has 1 fully saturated rings. The number of hydrogen-bond acceptors (Lipinski definition) is 3. The number of nitrogens with zero attached hydrogens (tertiary/aromatic N) is 1. The molecule has 0 radical (unpaired) electrons. The van der Waals surface area contributed by atoms with Crippen molar-refractivity contribution in [2.24, 2.45) is 11.1 Å². The Morgan fingerprint density at radius 3 is 2.44 bits per heavy atom. The molecule has 0 bridgehead atoms. The molecule has 0 aromatic carbocycles. The van der Waals surface area contributed by atoms with Crippen LogP contribution in [0.25, 0.3) is 0 Å². The van der Waals surface area contributed by atoms with Crippen molar-refractivity contribution in [2.75, 3.05) is 26.2 Å². The van der Waals surface area contributed by atoms with Gasteiger partial charge in [-0.25, -0.2) is 0 Å². The van der Waals surface area contributed by atoms with Crippen LogP contribution in [0.4, 0.5) is 0 Å². The Morgan fingerprint density at radius 1 is 1.28 bits per heavy atom. The van der Waals surface area contributed by atoms with Gasteiger partial charge in [-0.1, -0.05) is 27.2 Å². The van der Waals surface area contributed by atoms with Gasteiger partial charge in [0.25, 0.3) is 0 Å². The molecule has 1 saturated heterocycles. The molecule has 1 atom stereocenters. The van der Waals surface area contributed by atoms with Crippen molar-refractivity contribution in [1.29, 1.82) is 0 Å². The second-order valence-corrected chi connectivity index (χ2v) is 6.43. The summed E-state index contributed by atoms with van der Waals surface area (Å²) in [6.45, 7) is 10.3. The minimum Gasteiger partial charge on any atom is -0.355 e. The number of amides is 1. The normalized spacial score (nSPS) is 19.6. The van der Waals surface area contributed by atoms with Crippen molar-refractivity contribution in [3.05, 3.63) is 0 Å². The van der Waals surface area contributed by atoms with Gasteiger partial charge in [-0.05, 0) is 31.3 Å². The van der Waals surface area contributed by atoms with Gasteiger partial charge in [0.2, 0.25) is 5.91 Å². The summed E-state index contributed by atoms with van der Waals surface area (Å²) in [6, 6.07) is -0.0764. The topological polar surface area (TPSA) is 58.4 Å². The Labute approximate surface area is 111 Å². The van der Waals surface area contributed by atoms with Crippen molar-refractivity contribution >= 4 is 5.91 Å². The van der Waals surface area contributed by atoms with Crippen LogP contribution in [-0.4, -0.2) is 43.0 Å². The lowest BCUT2D eigenvalue weighted by molar-refractivity contribution is -0.122. The molecular weight excluding hydrogens is 226 g/mol. The Morgan fingerprint density at radius 2 is 1.89 bits per heavy atom. The van der Waals surface area contributed by atoms with Crippen LogP contribution in [0.5, 0.6) is 0 Å². The average molecular weight is 255 g/mol. The first kappa shape index (κ1) is 15.4. The lowest BCUT2D eigenvalue weighted by Gasteiger charge is -2.28. The molecule has 18 heavy (non-hydrogen) atoms. The monoisotopic (exact) mass is 255 g/mol. The van der Waals surface area contributed by atoms with E-state index >= 15 is 0 Å². The molecule has 1 aliphatic heterocycles. The lowest BCUT2D eigenvalue weighted by atomic mass is 9.85. The van der Waals surface area contributed by atoms with E-state index in [2.05, 4.69) is 31.0 Å². The van der Waals surface area contributed by atoms with E-state index in [0.29, 0.717) is 6.42 Å². The maximum atomic E-state index is 11.7. The van der Waals surface area contributed by atoms with Gasteiger partial charge in [0.15, 0.2) is 0 Å². The van der Waals surface area contributed by atoms with Crippen molar-refractivity contribution in [3.8, 4) is 0 Å². The van der Waals surface area contributed by atoms with E-state index < -0.39 is 0 Å². The SMILES string of the molecule is CC(C)(C)C(N)CC(=O)NCCN1CCCCC1. The predicted molar refractivity (Wildman–Crippen MR) is 75.3 cm³/mol. The molecule has 1 unspecified atom stereocenters. The van der Waals surface area contributed by atoms with Crippen LogP contribution in [0, 0.1) is 5.41 Å². The largest absolute Gasteiger partial charge is 0.355 e.